The first kappa shape index (κ1) is 16.7. The lowest BCUT2D eigenvalue weighted by Crippen LogP contribution is -2.42. The van der Waals surface area contributed by atoms with Crippen molar-refractivity contribution in [2.24, 2.45) is 5.92 Å². The number of carbonyl (C=O) groups excluding carboxylic acids is 1. The molecule has 0 aromatic heterocycles. The Morgan fingerprint density at radius 1 is 1.50 bits per heavy atom. The lowest BCUT2D eigenvalue weighted by Gasteiger charge is -2.32. The van der Waals surface area contributed by atoms with Crippen molar-refractivity contribution in [2.75, 3.05) is 33.3 Å². The average Bonchev–Trinajstić information content (AvgIpc) is 2.52. The van der Waals surface area contributed by atoms with E-state index < -0.39 is 0 Å². The Bertz CT molecular complexity index is 479. The fraction of sp³-hybridized carbons (Fsp3) is 0.588. The van der Waals surface area contributed by atoms with Gasteiger partial charge in [-0.25, -0.2) is 4.39 Å². The van der Waals surface area contributed by atoms with E-state index in [4.69, 9.17) is 4.74 Å². The number of piperidine rings is 1. The zero-order valence-electron chi connectivity index (χ0n) is 13.2. The van der Waals surface area contributed by atoms with E-state index in [0.717, 1.165) is 26.1 Å². The monoisotopic (exact) mass is 308 g/mol. The highest BCUT2D eigenvalue weighted by molar-refractivity contribution is 5.76. The first-order chi connectivity index (χ1) is 10.7. The van der Waals surface area contributed by atoms with Gasteiger partial charge < -0.3 is 15.0 Å². The van der Waals surface area contributed by atoms with Crippen molar-refractivity contribution in [3.8, 4) is 5.75 Å². The molecule has 1 aliphatic heterocycles. The molecule has 1 aromatic carbocycles. The highest BCUT2D eigenvalue weighted by atomic mass is 19.1. The quantitative estimate of drug-likeness (QED) is 0.787. The standard InChI is InChI=1S/C17H25FN2O2/c1-19-12-14-5-3-9-20(13-14)17(21)8-4-10-22-16-7-2-6-15(18)11-16/h2,6-7,11,14,19H,3-5,8-10,12-13H2,1H3. The number of nitrogens with one attached hydrogen (secondary N) is 1. The SMILES string of the molecule is CNCC1CCCN(C(=O)CCCOc2cccc(F)c2)C1. The third-order valence-electron chi connectivity index (χ3n) is 3.96. The largest absolute Gasteiger partial charge is 0.493 e. The van der Waals surface area contributed by atoms with Gasteiger partial charge in [0.05, 0.1) is 6.61 Å². The van der Waals surface area contributed by atoms with Gasteiger partial charge >= 0.3 is 0 Å². The number of halogens is 1. The molecule has 1 aromatic rings. The Hall–Kier alpha value is -1.62. The van der Waals surface area contributed by atoms with Crippen LogP contribution in [0.4, 0.5) is 4.39 Å². The van der Waals surface area contributed by atoms with Gasteiger partial charge in [0.25, 0.3) is 0 Å². The Kier molecular flexibility index (Phi) is 6.65. The fourth-order valence-electron chi connectivity index (χ4n) is 2.88. The highest BCUT2D eigenvalue weighted by Crippen LogP contribution is 2.17. The number of ether oxygens (including phenoxy) is 1. The van der Waals surface area contributed by atoms with Gasteiger partial charge in [0.2, 0.25) is 5.91 Å². The molecule has 0 aliphatic carbocycles. The number of hydrogen-bond donors (Lipinski definition) is 1. The van der Waals surface area contributed by atoms with Crippen molar-refractivity contribution < 1.29 is 13.9 Å². The van der Waals surface area contributed by atoms with Crippen molar-refractivity contribution in [3.05, 3.63) is 30.1 Å². The predicted octanol–water partition coefficient (Wildman–Crippen LogP) is 2.44. The molecular weight excluding hydrogens is 283 g/mol. The van der Waals surface area contributed by atoms with E-state index in [-0.39, 0.29) is 11.7 Å². The van der Waals surface area contributed by atoms with E-state index in [1.54, 1.807) is 12.1 Å². The molecule has 0 saturated carbocycles. The van der Waals surface area contributed by atoms with Crippen molar-refractivity contribution >= 4 is 5.91 Å². The molecule has 1 amide bonds. The maximum absolute atomic E-state index is 13.0. The predicted molar refractivity (Wildman–Crippen MR) is 84.4 cm³/mol. The summed E-state index contributed by atoms with van der Waals surface area (Å²) in [5.41, 5.74) is 0. The summed E-state index contributed by atoms with van der Waals surface area (Å²) in [5, 5.41) is 3.18. The van der Waals surface area contributed by atoms with Gasteiger partial charge in [0.15, 0.2) is 0 Å². The fourth-order valence-corrected chi connectivity index (χ4v) is 2.88. The number of hydrogen-bond acceptors (Lipinski definition) is 3. The molecule has 2 rings (SSSR count). The molecule has 1 aliphatic rings. The minimum atomic E-state index is -0.308. The molecule has 1 atom stereocenters. The molecule has 122 valence electrons. The van der Waals surface area contributed by atoms with E-state index in [1.807, 2.05) is 11.9 Å². The van der Waals surface area contributed by atoms with Crippen LogP contribution in [0.25, 0.3) is 0 Å². The van der Waals surface area contributed by atoms with Crippen LogP contribution in [0.2, 0.25) is 0 Å². The Labute approximate surface area is 131 Å². The van der Waals surface area contributed by atoms with Crippen LogP contribution in [-0.4, -0.2) is 44.1 Å². The maximum Gasteiger partial charge on any atom is 0.222 e. The van der Waals surface area contributed by atoms with Crippen LogP contribution in [-0.2, 0) is 4.79 Å². The minimum Gasteiger partial charge on any atom is -0.493 e. The first-order valence-electron chi connectivity index (χ1n) is 8.00. The van der Waals surface area contributed by atoms with Crippen LogP contribution < -0.4 is 10.1 Å². The van der Waals surface area contributed by atoms with E-state index in [1.165, 1.54) is 18.6 Å². The van der Waals surface area contributed by atoms with Gasteiger partial charge in [0.1, 0.15) is 11.6 Å². The molecule has 5 heteroatoms. The van der Waals surface area contributed by atoms with Gasteiger partial charge in [-0.2, -0.15) is 0 Å². The summed E-state index contributed by atoms with van der Waals surface area (Å²) >= 11 is 0. The number of rotatable bonds is 7. The molecule has 1 unspecified atom stereocenters. The molecule has 0 radical (unpaired) electrons. The summed E-state index contributed by atoms with van der Waals surface area (Å²) in [6.07, 6.45) is 3.41. The second-order valence-corrected chi connectivity index (χ2v) is 5.82. The summed E-state index contributed by atoms with van der Waals surface area (Å²) in [7, 11) is 1.95. The highest BCUT2D eigenvalue weighted by Gasteiger charge is 2.22. The van der Waals surface area contributed by atoms with Gasteiger partial charge in [-0.3, -0.25) is 4.79 Å². The summed E-state index contributed by atoms with van der Waals surface area (Å²) in [6, 6.07) is 6.08. The van der Waals surface area contributed by atoms with Crippen LogP contribution in [0.15, 0.2) is 24.3 Å². The van der Waals surface area contributed by atoms with Crippen LogP contribution in [0, 0.1) is 11.7 Å². The van der Waals surface area contributed by atoms with Crippen molar-refractivity contribution in [1.82, 2.24) is 10.2 Å². The van der Waals surface area contributed by atoms with E-state index in [9.17, 15) is 9.18 Å². The summed E-state index contributed by atoms with van der Waals surface area (Å²) < 4.78 is 18.5. The summed E-state index contributed by atoms with van der Waals surface area (Å²) in [6.45, 7) is 3.11. The molecule has 22 heavy (non-hydrogen) atoms. The minimum absolute atomic E-state index is 0.198. The Balaban J connectivity index is 1.67. The smallest absolute Gasteiger partial charge is 0.222 e. The Morgan fingerprint density at radius 2 is 2.36 bits per heavy atom. The van der Waals surface area contributed by atoms with Gasteiger partial charge in [0, 0.05) is 25.6 Å². The van der Waals surface area contributed by atoms with E-state index in [0.29, 0.717) is 31.1 Å². The van der Waals surface area contributed by atoms with Crippen LogP contribution >= 0.6 is 0 Å². The summed E-state index contributed by atoms with van der Waals surface area (Å²) in [4.78, 5) is 14.2. The topological polar surface area (TPSA) is 41.6 Å². The molecule has 1 heterocycles. The normalized spacial score (nSPS) is 18.3. The number of benzene rings is 1. The molecular formula is C17H25FN2O2. The lowest BCUT2D eigenvalue weighted by molar-refractivity contribution is -0.133. The second-order valence-electron chi connectivity index (χ2n) is 5.82. The Morgan fingerprint density at radius 3 is 3.14 bits per heavy atom. The van der Waals surface area contributed by atoms with Gasteiger partial charge in [-0.1, -0.05) is 6.07 Å². The summed E-state index contributed by atoms with van der Waals surface area (Å²) in [5.74, 6) is 0.965. The van der Waals surface area contributed by atoms with E-state index >= 15 is 0 Å². The van der Waals surface area contributed by atoms with Crippen molar-refractivity contribution in [2.45, 2.75) is 25.7 Å². The lowest BCUT2D eigenvalue weighted by atomic mass is 9.97. The molecule has 1 N–H and O–H groups in total. The first-order valence-corrected chi connectivity index (χ1v) is 8.00. The van der Waals surface area contributed by atoms with Crippen LogP contribution in [0.5, 0.6) is 5.75 Å². The third kappa shape index (κ3) is 5.30. The van der Waals surface area contributed by atoms with E-state index in [2.05, 4.69) is 5.32 Å². The number of nitrogens with zero attached hydrogens (tertiary/aromatic N) is 1. The second kappa shape index (κ2) is 8.73. The molecule has 0 spiro atoms. The van der Waals surface area contributed by atoms with Crippen molar-refractivity contribution in [1.29, 1.82) is 0 Å². The zero-order valence-corrected chi connectivity index (χ0v) is 13.2. The zero-order chi connectivity index (χ0) is 15.8. The molecule has 1 fully saturated rings. The molecule has 4 nitrogen and oxygen atoms in total. The van der Waals surface area contributed by atoms with Gasteiger partial charge in [-0.05, 0) is 50.9 Å². The van der Waals surface area contributed by atoms with Crippen LogP contribution in [0.3, 0.4) is 0 Å². The van der Waals surface area contributed by atoms with Crippen molar-refractivity contribution in [3.63, 3.8) is 0 Å². The average molecular weight is 308 g/mol. The number of likely N-dealkylation sites (tertiary alicyclic amines) is 1. The number of amides is 1. The molecule has 0 bridgehead atoms. The maximum atomic E-state index is 13.0. The molecule has 1 saturated heterocycles. The third-order valence-corrected chi connectivity index (χ3v) is 3.96. The van der Waals surface area contributed by atoms with Crippen LogP contribution in [0.1, 0.15) is 25.7 Å². The van der Waals surface area contributed by atoms with Gasteiger partial charge in [-0.15, -0.1) is 0 Å². The number of carbonyl (C=O) groups is 1.